The molecule has 0 aromatic carbocycles. The molecular weight excluding hydrogens is 236 g/mol. The van der Waals surface area contributed by atoms with Gasteiger partial charge < -0.3 is 10.4 Å². The Labute approximate surface area is 103 Å². The molecule has 4 nitrogen and oxygen atoms in total. The minimum absolute atomic E-state index is 0.104. The summed E-state index contributed by atoms with van der Waals surface area (Å²) in [5.74, 6) is -0.400. The highest BCUT2D eigenvalue weighted by Crippen LogP contribution is 2.16. The van der Waals surface area contributed by atoms with Gasteiger partial charge in [-0.1, -0.05) is 0 Å². The highest BCUT2D eigenvalue weighted by molar-refractivity contribution is 7.11. The van der Waals surface area contributed by atoms with E-state index in [1.54, 1.807) is 11.3 Å². The normalized spacial score (nSPS) is 10.2. The number of aromatic nitrogens is 1. The summed E-state index contributed by atoms with van der Waals surface area (Å²) < 4.78 is 0. The molecule has 0 atom stereocenters. The number of hydrogen-bond donors (Lipinski definition) is 2. The number of nitrogens with one attached hydrogen (secondary N) is 1. The van der Waals surface area contributed by atoms with E-state index in [1.807, 2.05) is 19.1 Å². The maximum absolute atomic E-state index is 11.8. The predicted molar refractivity (Wildman–Crippen MR) is 66.1 cm³/mol. The third-order valence-electron chi connectivity index (χ3n) is 2.26. The van der Waals surface area contributed by atoms with Crippen LogP contribution in [0.4, 0.5) is 0 Å². The third-order valence-corrected chi connectivity index (χ3v) is 3.26. The van der Waals surface area contributed by atoms with Crippen molar-refractivity contribution in [3.05, 3.63) is 45.9 Å². The summed E-state index contributed by atoms with van der Waals surface area (Å²) in [5.41, 5.74) is 0.244. The lowest BCUT2D eigenvalue weighted by atomic mass is 10.2. The zero-order valence-electron chi connectivity index (χ0n) is 9.30. The molecule has 0 saturated carbocycles. The first kappa shape index (κ1) is 11.6. The number of rotatable bonds is 3. The molecule has 0 aliphatic carbocycles. The number of thiophene rings is 1. The molecule has 88 valence electrons. The van der Waals surface area contributed by atoms with Crippen LogP contribution in [-0.2, 0) is 6.54 Å². The fourth-order valence-electron chi connectivity index (χ4n) is 1.42. The van der Waals surface area contributed by atoms with Crippen LogP contribution in [0.5, 0.6) is 5.75 Å². The highest BCUT2D eigenvalue weighted by Gasteiger charge is 2.10. The van der Waals surface area contributed by atoms with E-state index in [0.717, 1.165) is 4.88 Å². The summed E-state index contributed by atoms with van der Waals surface area (Å²) in [6.45, 7) is 2.49. The summed E-state index contributed by atoms with van der Waals surface area (Å²) in [4.78, 5) is 17.8. The van der Waals surface area contributed by atoms with Crippen molar-refractivity contribution >= 4 is 17.2 Å². The molecule has 0 unspecified atom stereocenters. The van der Waals surface area contributed by atoms with Gasteiger partial charge in [0.05, 0.1) is 18.3 Å². The predicted octanol–water partition coefficient (Wildman–Crippen LogP) is 2.09. The number of aryl methyl sites for hydroxylation is 1. The first-order valence-electron chi connectivity index (χ1n) is 5.13. The average molecular weight is 248 g/mol. The van der Waals surface area contributed by atoms with E-state index in [9.17, 15) is 9.90 Å². The molecule has 17 heavy (non-hydrogen) atoms. The smallest absolute Gasteiger partial charge is 0.255 e. The zero-order chi connectivity index (χ0) is 12.3. The maximum atomic E-state index is 11.8. The minimum atomic E-state index is -0.295. The minimum Gasteiger partial charge on any atom is -0.505 e. The van der Waals surface area contributed by atoms with Crippen molar-refractivity contribution in [2.24, 2.45) is 0 Å². The van der Waals surface area contributed by atoms with Crippen LogP contribution in [0.1, 0.15) is 20.1 Å². The Morgan fingerprint density at radius 3 is 2.94 bits per heavy atom. The summed E-state index contributed by atoms with van der Waals surface area (Å²) >= 11 is 1.64. The Balaban J connectivity index is 2.01. The molecule has 2 aromatic rings. The molecular formula is C12H12N2O2S. The van der Waals surface area contributed by atoms with Gasteiger partial charge in [0.25, 0.3) is 5.91 Å². The molecule has 0 spiro atoms. The van der Waals surface area contributed by atoms with Gasteiger partial charge in [-0.3, -0.25) is 9.78 Å². The number of amides is 1. The van der Waals surface area contributed by atoms with E-state index in [4.69, 9.17) is 0 Å². The lowest BCUT2D eigenvalue weighted by Crippen LogP contribution is -2.22. The Morgan fingerprint density at radius 2 is 2.29 bits per heavy atom. The first-order chi connectivity index (χ1) is 8.16. The lowest BCUT2D eigenvalue weighted by molar-refractivity contribution is 0.0948. The van der Waals surface area contributed by atoms with Crippen molar-refractivity contribution in [3.8, 4) is 5.75 Å². The van der Waals surface area contributed by atoms with Gasteiger partial charge in [0, 0.05) is 16.0 Å². The molecule has 0 radical (unpaired) electrons. The van der Waals surface area contributed by atoms with Gasteiger partial charge in [0.2, 0.25) is 0 Å². The summed E-state index contributed by atoms with van der Waals surface area (Å²) in [6.07, 6.45) is 2.73. The van der Waals surface area contributed by atoms with Gasteiger partial charge in [-0.15, -0.1) is 11.3 Å². The molecule has 0 saturated heterocycles. The second-order valence-corrected chi connectivity index (χ2v) is 4.96. The van der Waals surface area contributed by atoms with E-state index in [2.05, 4.69) is 10.3 Å². The van der Waals surface area contributed by atoms with Crippen LogP contribution in [0.2, 0.25) is 0 Å². The summed E-state index contributed by atoms with van der Waals surface area (Å²) in [6, 6.07) is 5.48. The van der Waals surface area contributed by atoms with E-state index in [1.165, 1.54) is 23.3 Å². The van der Waals surface area contributed by atoms with E-state index >= 15 is 0 Å². The van der Waals surface area contributed by atoms with Crippen LogP contribution in [0.15, 0.2) is 30.6 Å². The number of pyridine rings is 1. The van der Waals surface area contributed by atoms with Crippen LogP contribution < -0.4 is 5.32 Å². The fraction of sp³-hybridized carbons (Fsp3) is 0.167. The molecule has 0 aliphatic rings. The van der Waals surface area contributed by atoms with Crippen LogP contribution in [-0.4, -0.2) is 16.0 Å². The van der Waals surface area contributed by atoms with Crippen LogP contribution in [0.25, 0.3) is 0 Å². The van der Waals surface area contributed by atoms with Crippen LogP contribution >= 0.6 is 11.3 Å². The van der Waals surface area contributed by atoms with Crippen LogP contribution in [0.3, 0.4) is 0 Å². The summed E-state index contributed by atoms with van der Waals surface area (Å²) in [5, 5.41) is 12.2. The Bertz CT molecular complexity index is 537. The SMILES string of the molecule is Cc1ccc(CNC(=O)c2ccncc2O)s1. The van der Waals surface area contributed by atoms with E-state index in [0.29, 0.717) is 6.54 Å². The number of hydrogen-bond acceptors (Lipinski definition) is 4. The van der Waals surface area contributed by atoms with Crippen molar-refractivity contribution in [2.75, 3.05) is 0 Å². The second kappa shape index (κ2) is 4.97. The fourth-order valence-corrected chi connectivity index (χ4v) is 2.25. The third kappa shape index (κ3) is 2.82. The van der Waals surface area contributed by atoms with Gasteiger partial charge >= 0.3 is 0 Å². The first-order valence-corrected chi connectivity index (χ1v) is 5.95. The van der Waals surface area contributed by atoms with Crippen molar-refractivity contribution in [1.29, 1.82) is 0 Å². The molecule has 0 bridgehead atoms. The monoisotopic (exact) mass is 248 g/mol. The lowest BCUT2D eigenvalue weighted by Gasteiger charge is -2.04. The Kier molecular flexibility index (Phi) is 3.39. The van der Waals surface area contributed by atoms with E-state index < -0.39 is 0 Å². The van der Waals surface area contributed by atoms with E-state index in [-0.39, 0.29) is 17.2 Å². The van der Waals surface area contributed by atoms with Crippen molar-refractivity contribution in [3.63, 3.8) is 0 Å². The van der Waals surface area contributed by atoms with Gasteiger partial charge in [-0.2, -0.15) is 0 Å². The molecule has 0 aliphatic heterocycles. The van der Waals surface area contributed by atoms with Crippen molar-refractivity contribution in [2.45, 2.75) is 13.5 Å². The standard InChI is InChI=1S/C12H12N2O2S/c1-8-2-3-9(17-8)6-14-12(16)10-4-5-13-7-11(10)15/h2-5,7,15H,6H2,1H3,(H,14,16). The molecule has 2 N–H and O–H groups in total. The number of aromatic hydroxyl groups is 1. The topological polar surface area (TPSA) is 62.2 Å². The molecule has 2 heterocycles. The van der Waals surface area contributed by atoms with Gasteiger partial charge in [0.1, 0.15) is 5.75 Å². The number of carbonyl (C=O) groups excluding carboxylic acids is 1. The maximum Gasteiger partial charge on any atom is 0.255 e. The van der Waals surface area contributed by atoms with Crippen molar-refractivity contribution in [1.82, 2.24) is 10.3 Å². The molecule has 2 aromatic heterocycles. The second-order valence-electron chi connectivity index (χ2n) is 3.59. The Morgan fingerprint density at radius 1 is 1.47 bits per heavy atom. The van der Waals surface area contributed by atoms with Gasteiger partial charge in [-0.05, 0) is 25.1 Å². The number of nitrogens with zero attached hydrogens (tertiary/aromatic N) is 1. The van der Waals surface area contributed by atoms with Gasteiger partial charge in [-0.25, -0.2) is 0 Å². The van der Waals surface area contributed by atoms with Crippen LogP contribution in [0, 0.1) is 6.92 Å². The molecule has 2 rings (SSSR count). The Hall–Kier alpha value is -1.88. The molecule has 0 fully saturated rings. The zero-order valence-corrected chi connectivity index (χ0v) is 10.1. The molecule has 1 amide bonds. The highest BCUT2D eigenvalue weighted by atomic mass is 32.1. The quantitative estimate of drug-likeness (QED) is 0.874. The van der Waals surface area contributed by atoms with Crippen molar-refractivity contribution < 1.29 is 9.90 Å². The summed E-state index contributed by atoms with van der Waals surface area (Å²) in [7, 11) is 0. The molecule has 5 heteroatoms. The average Bonchev–Trinajstić information content (AvgIpc) is 2.73. The number of carbonyl (C=O) groups is 1. The van der Waals surface area contributed by atoms with Gasteiger partial charge in [0.15, 0.2) is 0 Å². The largest absolute Gasteiger partial charge is 0.505 e.